The van der Waals surface area contributed by atoms with Crippen molar-refractivity contribution in [1.82, 2.24) is 5.43 Å². The van der Waals surface area contributed by atoms with E-state index in [1.807, 2.05) is 0 Å². The molecule has 5 rings (SSSR count). The van der Waals surface area contributed by atoms with E-state index < -0.39 is 0 Å². The number of ether oxygens (including phenoxy) is 1. The van der Waals surface area contributed by atoms with E-state index in [2.05, 4.69) is 36.5 Å². The summed E-state index contributed by atoms with van der Waals surface area (Å²) in [5, 5.41) is 4.71. The fraction of sp³-hybridized carbons (Fsp3) is 0.625. The zero-order chi connectivity index (χ0) is 21.1. The van der Waals surface area contributed by atoms with Crippen molar-refractivity contribution in [3.63, 3.8) is 0 Å². The number of allylic oxidation sites excluding steroid dienone is 3. The van der Waals surface area contributed by atoms with E-state index in [9.17, 15) is 4.79 Å². The van der Waals surface area contributed by atoms with Gasteiger partial charge in [0.1, 0.15) is 6.61 Å². The molecule has 0 amide bonds. The number of nitrogens with two attached hydrogens (primary N) is 1. The molecule has 5 nitrogen and oxygen atoms in total. The molecule has 5 atom stereocenters. The van der Waals surface area contributed by atoms with E-state index in [0.29, 0.717) is 23.9 Å². The van der Waals surface area contributed by atoms with Crippen molar-refractivity contribution in [3.8, 4) is 0 Å². The number of nitrogens with zero attached hydrogens (tertiary/aromatic N) is 1. The first kappa shape index (κ1) is 20.0. The van der Waals surface area contributed by atoms with Gasteiger partial charge >= 0.3 is 5.97 Å². The third kappa shape index (κ3) is 2.98. The number of carbonyl (C=O) groups excluding carboxylic acids is 1. The molecule has 3 N–H and O–H groups in total. The van der Waals surface area contributed by atoms with Crippen LogP contribution in [0.25, 0.3) is 0 Å². The van der Waals surface area contributed by atoms with Gasteiger partial charge in [-0.05, 0) is 85.9 Å². The summed E-state index contributed by atoms with van der Waals surface area (Å²) in [5.74, 6) is 1.85. The molecule has 0 aromatic rings. The van der Waals surface area contributed by atoms with Gasteiger partial charge in [0.2, 0.25) is 0 Å². The summed E-state index contributed by atoms with van der Waals surface area (Å²) in [6.45, 7) is 5.35. The summed E-state index contributed by atoms with van der Waals surface area (Å²) in [7, 11) is 0. The van der Waals surface area contributed by atoms with Crippen molar-refractivity contribution in [1.29, 1.82) is 0 Å². The lowest BCUT2D eigenvalue weighted by molar-refractivity contribution is -0.134. The first-order valence-electron chi connectivity index (χ1n) is 11.2. The Kier molecular flexibility index (Phi) is 4.69. The van der Waals surface area contributed by atoms with E-state index in [1.54, 1.807) is 11.6 Å². The molecule has 160 valence electrons. The lowest BCUT2D eigenvalue weighted by Gasteiger charge is -2.58. The molecule has 0 aromatic carbocycles. The minimum atomic E-state index is -0.200. The second-order valence-corrected chi connectivity index (χ2v) is 10.6. The highest BCUT2D eigenvalue weighted by molar-refractivity contribution is 7.80. The fourth-order valence-corrected chi connectivity index (χ4v) is 7.33. The summed E-state index contributed by atoms with van der Waals surface area (Å²) in [6, 6.07) is 0. The van der Waals surface area contributed by atoms with Crippen LogP contribution in [-0.4, -0.2) is 23.4 Å². The fourth-order valence-electron chi connectivity index (χ4n) is 7.28. The van der Waals surface area contributed by atoms with Gasteiger partial charge in [-0.1, -0.05) is 31.6 Å². The highest BCUT2D eigenvalue weighted by Crippen LogP contribution is 2.65. The normalized spacial score (nSPS) is 41.1. The van der Waals surface area contributed by atoms with Gasteiger partial charge in [-0.25, -0.2) is 4.79 Å². The topological polar surface area (TPSA) is 76.7 Å². The van der Waals surface area contributed by atoms with Crippen LogP contribution in [0.3, 0.4) is 0 Å². The lowest BCUT2D eigenvalue weighted by atomic mass is 9.46. The van der Waals surface area contributed by atoms with Gasteiger partial charge in [0.15, 0.2) is 5.11 Å². The van der Waals surface area contributed by atoms with Gasteiger partial charge in [-0.3, -0.25) is 5.43 Å². The van der Waals surface area contributed by atoms with Crippen LogP contribution in [0.1, 0.15) is 58.8 Å². The number of fused-ring (bicyclic) bond motifs is 5. The molecule has 3 saturated carbocycles. The molecule has 1 aliphatic heterocycles. The first-order chi connectivity index (χ1) is 14.3. The van der Waals surface area contributed by atoms with Gasteiger partial charge in [0, 0.05) is 22.8 Å². The number of esters is 1. The van der Waals surface area contributed by atoms with Crippen molar-refractivity contribution >= 4 is 29.0 Å². The summed E-state index contributed by atoms with van der Waals surface area (Å²) in [6.07, 6.45) is 14.5. The zero-order valence-electron chi connectivity index (χ0n) is 17.9. The number of hydrogen-bond acceptors (Lipinski definition) is 4. The van der Waals surface area contributed by atoms with Crippen LogP contribution >= 0.6 is 12.2 Å². The predicted molar refractivity (Wildman–Crippen MR) is 122 cm³/mol. The molecular formula is C24H31N3O2S. The minimum absolute atomic E-state index is 0.0617. The maximum Gasteiger partial charge on any atom is 0.331 e. The lowest BCUT2D eigenvalue weighted by Crippen LogP contribution is -2.51. The molecule has 0 spiro atoms. The average molecular weight is 426 g/mol. The first-order valence-corrected chi connectivity index (χ1v) is 11.6. The Morgan fingerprint density at radius 2 is 2.10 bits per heavy atom. The Bertz CT molecular complexity index is 933. The Labute approximate surface area is 183 Å². The molecular weight excluding hydrogens is 394 g/mol. The Hall–Kier alpha value is -1.95. The smallest absolute Gasteiger partial charge is 0.331 e. The molecule has 1 heterocycles. The molecule has 4 aliphatic carbocycles. The van der Waals surface area contributed by atoms with E-state index in [-0.39, 0.29) is 16.5 Å². The third-order valence-corrected chi connectivity index (χ3v) is 8.97. The van der Waals surface area contributed by atoms with E-state index in [0.717, 1.165) is 30.8 Å². The molecule has 0 saturated heterocycles. The van der Waals surface area contributed by atoms with Crippen molar-refractivity contribution in [3.05, 3.63) is 34.9 Å². The van der Waals surface area contributed by atoms with Crippen molar-refractivity contribution in [2.75, 3.05) is 6.61 Å². The molecule has 30 heavy (non-hydrogen) atoms. The van der Waals surface area contributed by atoms with E-state index in [4.69, 9.17) is 22.7 Å². The van der Waals surface area contributed by atoms with Gasteiger partial charge in [-0.2, -0.15) is 5.10 Å². The monoisotopic (exact) mass is 425 g/mol. The zero-order valence-corrected chi connectivity index (χ0v) is 18.7. The maximum atomic E-state index is 11.6. The van der Waals surface area contributed by atoms with Crippen LogP contribution in [0, 0.1) is 28.6 Å². The third-order valence-electron chi connectivity index (χ3n) is 8.87. The Morgan fingerprint density at radius 1 is 1.27 bits per heavy atom. The molecule has 6 heteroatoms. The standard InChI is InChI=1S/C24H31N3O2S/c1-23-9-7-16(26-27-22(25)30)12-15(23)3-4-17-19-6-5-18(14-11-21(28)29-13-14)24(19,2)10-8-20(17)23/h5-6,11,15,17,20H,3-4,7-10,12-13H2,1-2H3,(H3,25,27,30). The summed E-state index contributed by atoms with van der Waals surface area (Å²) >= 11 is 4.90. The summed E-state index contributed by atoms with van der Waals surface area (Å²) in [4.78, 5) is 11.6. The van der Waals surface area contributed by atoms with Crippen molar-refractivity contribution < 1.29 is 9.53 Å². The minimum Gasteiger partial charge on any atom is -0.458 e. The van der Waals surface area contributed by atoms with Gasteiger partial charge in [-0.15, -0.1) is 0 Å². The van der Waals surface area contributed by atoms with Gasteiger partial charge in [0.05, 0.1) is 0 Å². The molecule has 0 radical (unpaired) electrons. The van der Waals surface area contributed by atoms with Crippen LogP contribution < -0.4 is 11.2 Å². The molecule has 3 fully saturated rings. The van der Waals surface area contributed by atoms with Gasteiger partial charge < -0.3 is 10.5 Å². The Balaban J connectivity index is 1.36. The highest BCUT2D eigenvalue weighted by Gasteiger charge is 2.56. The van der Waals surface area contributed by atoms with Crippen LogP contribution in [0.2, 0.25) is 0 Å². The predicted octanol–water partition coefficient (Wildman–Crippen LogP) is 4.16. The van der Waals surface area contributed by atoms with Crippen LogP contribution in [0.5, 0.6) is 0 Å². The van der Waals surface area contributed by atoms with E-state index >= 15 is 0 Å². The van der Waals surface area contributed by atoms with Gasteiger partial charge in [0.25, 0.3) is 0 Å². The maximum absolute atomic E-state index is 11.6. The average Bonchev–Trinajstić information content (AvgIpc) is 3.28. The molecule has 0 aromatic heterocycles. The second kappa shape index (κ2) is 7.04. The SMILES string of the molecule is CC12CCC3C(CCC4CC(=NNC(N)=S)CCC43C)C1=CC=C2C1=CC(=O)OC1. The number of hydrazone groups is 1. The number of rotatable bonds is 2. The van der Waals surface area contributed by atoms with E-state index in [1.165, 1.54) is 37.0 Å². The van der Waals surface area contributed by atoms with Crippen LogP contribution in [-0.2, 0) is 9.53 Å². The summed E-state index contributed by atoms with van der Waals surface area (Å²) in [5.41, 5.74) is 14.0. The largest absolute Gasteiger partial charge is 0.458 e. The van der Waals surface area contributed by atoms with Crippen molar-refractivity contribution in [2.24, 2.45) is 39.4 Å². The van der Waals surface area contributed by atoms with Crippen LogP contribution in [0.4, 0.5) is 0 Å². The number of cyclic esters (lactones) is 1. The van der Waals surface area contributed by atoms with Crippen LogP contribution in [0.15, 0.2) is 40.0 Å². The molecule has 5 unspecified atom stereocenters. The quantitative estimate of drug-likeness (QED) is 0.395. The highest BCUT2D eigenvalue weighted by atomic mass is 32.1. The Morgan fingerprint density at radius 3 is 2.83 bits per heavy atom. The van der Waals surface area contributed by atoms with Crippen molar-refractivity contribution in [2.45, 2.75) is 58.8 Å². The summed E-state index contributed by atoms with van der Waals surface area (Å²) < 4.78 is 5.21. The second-order valence-electron chi connectivity index (χ2n) is 10.2. The number of hydrogen-bond donors (Lipinski definition) is 2. The number of thiocarbonyl (C=S) groups is 1. The number of nitrogens with one attached hydrogen (secondary N) is 1. The molecule has 0 bridgehead atoms. The molecule has 5 aliphatic rings. The number of carbonyl (C=O) groups is 1.